The number of benzene rings is 4. The molecule has 1 N–H and O–H groups in total. The molecule has 4 aromatic carbocycles. The molecule has 1 aromatic heterocycles. The highest BCUT2D eigenvalue weighted by molar-refractivity contribution is 5.93. The zero-order valence-electron chi connectivity index (χ0n) is 21.6. The maximum absolute atomic E-state index is 11.6. The Kier molecular flexibility index (Phi) is 7.00. The first-order valence-electron chi connectivity index (χ1n) is 13.4. The van der Waals surface area contributed by atoms with Crippen molar-refractivity contribution < 1.29 is 19.4 Å². The zero-order chi connectivity index (χ0) is 26.6. The van der Waals surface area contributed by atoms with Gasteiger partial charge in [0, 0.05) is 11.6 Å². The number of hydrogen-bond acceptors (Lipinski definition) is 4. The third-order valence-electron chi connectivity index (χ3n) is 7.30. The Balaban J connectivity index is 1.21. The molecule has 5 aromatic rings. The molecule has 6 nitrogen and oxygen atoms in total. The molecule has 0 spiro atoms. The number of carboxylic acids is 1. The van der Waals surface area contributed by atoms with Crippen molar-refractivity contribution in [1.29, 1.82) is 0 Å². The second-order valence-electron chi connectivity index (χ2n) is 9.98. The van der Waals surface area contributed by atoms with Crippen LogP contribution in [-0.2, 0) is 6.61 Å². The van der Waals surface area contributed by atoms with Gasteiger partial charge >= 0.3 is 5.97 Å². The van der Waals surface area contributed by atoms with Gasteiger partial charge in [0.1, 0.15) is 29.7 Å². The lowest BCUT2D eigenvalue weighted by atomic mass is 9.95. The second kappa shape index (κ2) is 11.0. The Morgan fingerprint density at radius 1 is 0.821 bits per heavy atom. The summed E-state index contributed by atoms with van der Waals surface area (Å²) in [7, 11) is 0. The summed E-state index contributed by atoms with van der Waals surface area (Å²) in [6.07, 6.45) is 5.85. The van der Waals surface area contributed by atoms with E-state index >= 15 is 0 Å². The predicted molar refractivity (Wildman–Crippen MR) is 152 cm³/mol. The zero-order valence-corrected chi connectivity index (χ0v) is 21.6. The summed E-state index contributed by atoms with van der Waals surface area (Å²) in [5.41, 5.74) is 4.05. The van der Waals surface area contributed by atoms with E-state index in [9.17, 15) is 9.90 Å². The van der Waals surface area contributed by atoms with Crippen LogP contribution in [0.3, 0.4) is 0 Å². The number of aromatic nitrogens is 2. The Hall–Kier alpha value is -4.58. The van der Waals surface area contributed by atoms with Crippen LogP contribution in [0.1, 0.15) is 54.1 Å². The lowest BCUT2D eigenvalue weighted by molar-refractivity contribution is 0.0697. The highest BCUT2D eigenvalue weighted by Gasteiger charge is 2.23. The smallest absolute Gasteiger partial charge is 0.335 e. The van der Waals surface area contributed by atoms with E-state index in [2.05, 4.69) is 4.57 Å². The summed E-state index contributed by atoms with van der Waals surface area (Å²) >= 11 is 0. The Bertz CT molecular complexity index is 1570. The van der Waals surface area contributed by atoms with E-state index in [0.29, 0.717) is 18.2 Å². The van der Waals surface area contributed by atoms with Gasteiger partial charge in [-0.15, -0.1) is 0 Å². The van der Waals surface area contributed by atoms with Crippen LogP contribution in [-0.4, -0.2) is 20.6 Å². The van der Waals surface area contributed by atoms with E-state index in [1.54, 1.807) is 12.1 Å². The maximum atomic E-state index is 11.6. The minimum Gasteiger partial charge on any atom is -0.489 e. The molecule has 0 amide bonds. The maximum Gasteiger partial charge on any atom is 0.335 e. The minimum absolute atomic E-state index is 0.252. The summed E-state index contributed by atoms with van der Waals surface area (Å²) in [4.78, 5) is 16.5. The average molecular weight is 519 g/mol. The van der Waals surface area contributed by atoms with Crippen LogP contribution in [0, 0.1) is 0 Å². The normalized spacial score (nSPS) is 13.8. The average Bonchev–Trinajstić information content (AvgIpc) is 3.37. The molecule has 0 bridgehead atoms. The van der Waals surface area contributed by atoms with Gasteiger partial charge in [0.05, 0.1) is 16.6 Å². The number of carbonyl (C=O) groups is 1. The topological polar surface area (TPSA) is 73.6 Å². The fourth-order valence-electron chi connectivity index (χ4n) is 5.30. The van der Waals surface area contributed by atoms with Gasteiger partial charge in [-0.25, -0.2) is 9.78 Å². The molecule has 1 aliphatic carbocycles. The van der Waals surface area contributed by atoms with Gasteiger partial charge in [-0.05, 0) is 85.1 Å². The molecule has 0 atom stereocenters. The molecule has 0 radical (unpaired) electrons. The SMILES string of the molecule is O=C(O)c1ccc2c(c1)nc(-c1ccc(Oc3ccc(OCc4ccccc4)cc3)cc1)n2C1CCCCC1. The standard InChI is InChI=1S/C33H30N2O4/c36-33(37)25-13-20-31-30(21-25)34-32(35(31)26-9-5-2-6-10-26)24-11-14-28(15-12-24)39-29-18-16-27(17-19-29)38-22-23-7-3-1-4-8-23/h1,3-4,7-8,11-21,26H,2,5-6,9-10,22H2,(H,36,37). The first-order chi connectivity index (χ1) is 19.1. The van der Waals surface area contributed by atoms with E-state index in [4.69, 9.17) is 14.5 Å². The third-order valence-corrected chi connectivity index (χ3v) is 7.30. The Morgan fingerprint density at radius 2 is 1.49 bits per heavy atom. The summed E-state index contributed by atoms with van der Waals surface area (Å²) in [6, 6.07) is 31.2. The minimum atomic E-state index is -0.942. The highest BCUT2D eigenvalue weighted by Crippen LogP contribution is 2.37. The van der Waals surface area contributed by atoms with E-state index in [1.165, 1.54) is 19.3 Å². The van der Waals surface area contributed by atoms with Crippen molar-refractivity contribution in [1.82, 2.24) is 9.55 Å². The van der Waals surface area contributed by atoms with E-state index in [0.717, 1.165) is 52.6 Å². The van der Waals surface area contributed by atoms with Crippen molar-refractivity contribution in [3.63, 3.8) is 0 Å². The number of ether oxygens (including phenoxy) is 2. The van der Waals surface area contributed by atoms with Gasteiger partial charge in [-0.1, -0.05) is 49.6 Å². The summed E-state index contributed by atoms with van der Waals surface area (Å²) in [5.74, 6) is 2.17. The molecule has 39 heavy (non-hydrogen) atoms. The van der Waals surface area contributed by atoms with Crippen molar-refractivity contribution in [2.45, 2.75) is 44.8 Å². The van der Waals surface area contributed by atoms with Crippen LogP contribution < -0.4 is 9.47 Å². The van der Waals surface area contributed by atoms with Crippen LogP contribution in [0.4, 0.5) is 0 Å². The first-order valence-corrected chi connectivity index (χ1v) is 13.4. The van der Waals surface area contributed by atoms with E-state index in [1.807, 2.05) is 84.9 Å². The summed E-state index contributed by atoms with van der Waals surface area (Å²) in [6.45, 7) is 0.520. The lowest BCUT2D eigenvalue weighted by Crippen LogP contribution is -2.14. The van der Waals surface area contributed by atoms with Crippen molar-refractivity contribution in [2.24, 2.45) is 0 Å². The fraction of sp³-hybridized carbons (Fsp3) is 0.212. The van der Waals surface area contributed by atoms with Gasteiger partial charge in [-0.2, -0.15) is 0 Å². The molecule has 0 saturated heterocycles. The Labute approximate surface area is 227 Å². The predicted octanol–water partition coefficient (Wildman–Crippen LogP) is 8.28. The fourth-order valence-corrected chi connectivity index (χ4v) is 5.30. The van der Waals surface area contributed by atoms with Crippen molar-refractivity contribution in [3.8, 4) is 28.6 Å². The number of nitrogens with zero attached hydrogens (tertiary/aromatic N) is 2. The van der Waals surface area contributed by atoms with E-state index < -0.39 is 5.97 Å². The number of rotatable bonds is 8. The van der Waals surface area contributed by atoms with Gasteiger partial charge in [0.15, 0.2) is 0 Å². The summed E-state index contributed by atoms with van der Waals surface area (Å²) < 4.78 is 14.3. The van der Waals surface area contributed by atoms with Gasteiger partial charge in [0.2, 0.25) is 0 Å². The van der Waals surface area contributed by atoms with Crippen molar-refractivity contribution >= 4 is 17.0 Å². The van der Waals surface area contributed by atoms with Gasteiger partial charge in [-0.3, -0.25) is 0 Å². The number of carboxylic acid groups (broad SMARTS) is 1. The highest BCUT2D eigenvalue weighted by atomic mass is 16.5. The third kappa shape index (κ3) is 5.50. The monoisotopic (exact) mass is 518 g/mol. The lowest BCUT2D eigenvalue weighted by Gasteiger charge is -2.25. The molecule has 1 aliphatic rings. The van der Waals surface area contributed by atoms with Crippen molar-refractivity contribution in [3.05, 3.63) is 108 Å². The number of fused-ring (bicyclic) bond motifs is 1. The quantitative estimate of drug-likeness (QED) is 0.224. The van der Waals surface area contributed by atoms with Crippen LogP contribution in [0.15, 0.2) is 97.1 Å². The van der Waals surface area contributed by atoms with Gasteiger partial charge in [0.25, 0.3) is 0 Å². The summed E-state index contributed by atoms with van der Waals surface area (Å²) in [5, 5.41) is 9.47. The first kappa shape index (κ1) is 24.7. The molecule has 6 heteroatoms. The largest absolute Gasteiger partial charge is 0.489 e. The molecule has 6 rings (SSSR count). The molecule has 196 valence electrons. The van der Waals surface area contributed by atoms with E-state index in [-0.39, 0.29) is 5.56 Å². The molecule has 0 aliphatic heterocycles. The molecule has 0 unspecified atom stereocenters. The number of aromatic carboxylic acids is 1. The molecular weight excluding hydrogens is 488 g/mol. The number of imidazole rings is 1. The van der Waals surface area contributed by atoms with Crippen LogP contribution in [0.2, 0.25) is 0 Å². The Morgan fingerprint density at radius 3 is 2.18 bits per heavy atom. The molecule has 1 saturated carbocycles. The number of hydrogen-bond donors (Lipinski definition) is 1. The van der Waals surface area contributed by atoms with Crippen LogP contribution >= 0.6 is 0 Å². The second-order valence-corrected chi connectivity index (χ2v) is 9.98. The molecule has 1 fully saturated rings. The van der Waals surface area contributed by atoms with Crippen molar-refractivity contribution in [2.75, 3.05) is 0 Å². The molecular formula is C33H30N2O4. The van der Waals surface area contributed by atoms with Crippen LogP contribution in [0.5, 0.6) is 17.2 Å². The van der Waals surface area contributed by atoms with Crippen LogP contribution in [0.25, 0.3) is 22.4 Å². The van der Waals surface area contributed by atoms with Gasteiger partial charge < -0.3 is 19.1 Å². The molecule has 1 heterocycles.